The molecule has 1 rings (SSSR count). The Morgan fingerprint density at radius 3 is 2.00 bits per heavy atom. The van der Waals surface area contributed by atoms with Crippen LogP contribution in [0.3, 0.4) is 0 Å². The van der Waals surface area contributed by atoms with Crippen LogP contribution in [0, 0.1) is 0 Å². The fourth-order valence-electron chi connectivity index (χ4n) is 0.916. The molecule has 0 bridgehead atoms. The predicted molar refractivity (Wildman–Crippen MR) is 35.8 cm³/mol. The molecule has 0 N–H and O–H groups in total. The van der Waals surface area contributed by atoms with Gasteiger partial charge >= 0.3 is 0 Å². The maximum atomic E-state index is 2.42. The molecule has 46 valence electrons. The fourth-order valence-corrected chi connectivity index (χ4v) is 0.916. The highest BCUT2D eigenvalue weighted by Gasteiger charge is 2.07. The van der Waals surface area contributed by atoms with Crippen LogP contribution < -0.4 is 0 Å². The zero-order chi connectivity index (χ0) is 5.98. The number of hydrogen-bond acceptors (Lipinski definition) is 1. The molecule has 1 aliphatic rings. The van der Waals surface area contributed by atoms with Crippen LogP contribution in [0.2, 0.25) is 0 Å². The van der Waals surface area contributed by atoms with Gasteiger partial charge in [-0.15, -0.1) is 0 Å². The lowest BCUT2D eigenvalue weighted by Crippen LogP contribution is -2.27. The summed E-state index contributed by atoms with van der Waals surface area (Å²) >= 11 is 0. The van der Waals surface area contributed by atoms with E-state index in [1.807, 2.05) is 0 Å². The first-order chi connectivity index (χ1) is 3.80. The summed E-state index contributed by atoms with van der Waals surface area (Å²) in [6, 6.07) is 0.713. The van der Waals surface area contributed by atoms with Crippen molar-refractivity contribution in [3.05, 3.63) is 12.2 Å². The first-order valence-electron chi connectivity index (χ1n) is 3.20. The molecule has 8 heavy (non-hydrogen) atoms. The summed E-state index contributed by atoms with van der Waals surface area (Å²) in [5.41, 5.74) is 0. The Hall–Kier alpha value is -0.300. The van der Waals surface area contributed by atoms with Crippen LogP contribution in [0.1, 0.15) is 13.8 Å². The molecule has 0 aliphatic carbocycles. The van der Waals surface area contributed by atoms with Crippen molar-refractivity contribution in [1.82, 2.24) is 4.90 Å². The van der Waals surface area contributed by atoms with E-state index in [1.165, 1.54) is 0 Å². The van der Waals surface area contributed by atoms with Gasteiger partial charge in [-0.25, -0.2) is 0 Å². The number of rotatable bonds is 1. The van der Waals surface area contributed by atoms with Crippen molar-refractivity contribution in [2.75, 3.05) is 13.1 Å². The Morgan fingerprint density at radius 1 is 1.25 bits per heavy atom. The molecule has 0 radical (unpaired) electrons. The van der Waals surface area contributed by atoms with E-state index in [2.05, 4.69) is 30.9 Å². The van der Waals surface area contributed by atoms with Crippen molar-refractivity contribution in [2.45, 2.75) is 19.9 Å². The highest BCUT2D eigenvalue weighted by molar-refractivity contribution is 4.96. The third-order valence-corrected chi connectivity index (χ3v) is 1.58. The topological polar surface area (TPSA) is 3.24 Å². The van der Waals surface area contributed by atoms with Crippen LogP contribution >= 0.6 is 0 Å². The monoisotopic (exact) mass is 111 g/mol. The largest absolute Gasteiger partial charge is 0.294 e. The molecule has 1 heteroatoms. The van der Waals surface area contributed by atoms with Crippen molar-refractivity contribution in [3.63, 3.8) is 0 Å². The molecular formula is C7H13N. The molecule has 0 aromatic heterocycles. The molecule has 0 aromatic carbocycles. The molecule has 0 spiro atoms. The zero-order valence-corrected chi connectivity index (χ0v) is 5.59. The molecular weight excluding hydrogens is 98.1 g/mol. The normalized spacial score (nSPS) is 20.9. The fraction of sp³-hybridized carbons (Fsp3) is 0.714. The highest BCUT2D eigenvalue weighted by Crippen LogP contribution is 2.02. The molecule has 0 amide bonds. The average molecular weight is 111 g/mol. The molecule has 1 aliphatic heterocycles. The van der Waals surface area contributed by atoms with Gasteiger partial charge in [-0.2, -0.15) is 0 Å². The van der Waals surface area contributed by atoms with E-state index in [0.29, 0.717) is 6.04 Å². The van der Waals surface area contributed by atoms with Gasteiger partial charge in [-0.1, -0.05) is 12.2 Å². The van der Waals surface area contributed by atoms with Crippen LogP contribution in [-0.4, -0.2) is 24.0 Å². The Balaban J connectivity index is 2.29. The Kier molecular flexibility index (Phi) is 1.69. The summed E-state index contributed by atoms with van der Waals surface area (Å²) < 4.78 is 0. The van der Waals surface area contributed by atoms with Gasteiger partial charge in [0.2, 0.25) is 0 Å². The predicted octanol–water partition coefficient (Wildman–Crippen LogP) is 1.27. The SMILES string of the molecule is CC(C)N1CC=CC1. The van der Waals surface area contributed by atoms with Crippen molar-refractivity contribution in [2.24, 2.45) is 0 Å². The Labute approximate surface area is 51.0 Å². The summed E-state index contributed by atoms with van der Waals surface area (Å²) in [7, 11) is 0. The van der Waals surface area contributed by atoms with E-state index in [9.17, 15) is 0 Å². The summed E-state index contributed by atoms with van der Waals surface area (Å²) in [4.78, 5) is 2.42. The molecule has 0 saturated heterocycles. The first-order valence-corrected chi connectivity index (χ1v) is 3.20. The second-order valence-corrected chi connectivity index (χ2v) is 2.52. The molecule has 0 fully saturated rings. The average Bonchev–Trinajstić information content (AvgIpc) is 2.12. The minimum absolute atomic E-state index is 0.713. The standard InChI is InChI=1S/C7H13N/c1-7(2)8-5-3-4-6-8/h3-4,7H,5-6H2,1-2H3. The van der Waals surface area contributed by atoms with E-state index in [-0.39, 0.29) is 0 Å². The van der Waals surface area contributed by atoms with Crippen LogP contribution in [0.25, 0.3) is 0 Å². The maximum absolute atomic E-state index is 2.42. The lowest BCUT2D eigenvalue weighted by Gasteiger charge is -2.18. The van der Waals surface area contributed by atoms with E-state index < -0.39 is 0 Å². The minimum Gasteiger partial charge on any atom is -0.294 e. The third-order valence-electron chi connectivity index (χ3n) is 1.58. The van der Waals surface area contributed by atoms with Gasteiger partial charge < -0.3 is 0 Å². The van der Waals surface area contributed by atoms with Crippen molar-refractivity contribution in [3.8, 4) is 0 Å². The van der Waals surface area contributed by atoms with E-state index >= 15 is 0 Å². The van der Waals surface area contributed by atoms with Crippen molar-refractivity contribution < 1.29 is 0 Å². The van der Waals surface area contributed by atoms with Gasteiger partial charge in [0, 0.05) is 19.1 Å². The second-order valence-electron chi connectivity index (χ2n) is 2.52. The maximum Gasteiger partial charge on any atom is 0.0169 e. The van der Waals surface area contributed by atoms with Crippen molar-refractivity contribution >= 4 is 0 Å². The zero-order valence-electron chi connectivity index (χ0n) is 5.59. The Morgan fingerprint density at radius 2 is 1.75 bits per heavy atom. The molecule has 0 saturated carbocycles. The summed E-state index contributed by atoms with van der Waals surface area (Å²) in [5, 5.41) is 0. The van der Waals surface area contributed by atoms with Gasteiger partial charge in [0.25, 0.3) is 0 Å². The molecule has 0 unspecified atom stereocenters. The van der Waals surface area contributed by atoms with Gasteiger partial charge in [-0.3, -0.25) is 4.90 Å². The second kappa shape index (κ2) is 2.31. The molecule has 1 heterocycles. The van der Waals surface area contributed by atoms with Crippen molar-refractivity contribution in [1.29, 1.82) is 0 Å². The smallest absolute Gasteiger partial charge is 0.0169 e. The van der Waals surface area contributed by atoms with Gasteiger partial charge in [0.05, 0.1) is 0 Å². The van der Waals surface area contributed by atoms with E-state index in [4.69, 9.17) is 0 Å². The molecule has 0 aromatic rings. The summed E-state index contributed by atoms with van der Waals surface area (Å²) in [5.74, 6) is 0. The Bertz CT molecular complexity index is 86.6. The van der Waals surface area contributed by atoms with Gasteiger partial charge in [-0.05, 0) is 13.8 Å². The van der Waals surface area contributed by atoms with Crippen LogP contribution in [-0.2, 0) is 0 Å². The first kappa shape index (κ1) is 5.83. The molecule has 0 atom stereocenters. The van der Waals surface area contributed by atoms with Crippen LogP contribution in [0.15, 0.2) is 12.2 Å². The van der Waals surface area contributed by atoms with E-state index in [1.54, 1.807) is 0 Å². The molecule has 1 nitrogen and oxygen atoms in total. The quantitative estimate of drug-likeness (QED) is 0.460. The van der Waals surface area contributed by atoms with E-state index in [0.717, 1.165) is 13.1 Å². The minimum atomic E-state index is 0.713. The number of hydrogen-bond donors (Lipinski definition) is 0. The van der Waals surface area contributed by atoms with Crippen LogP contribution in [0.4, 0.5) is 0 Å². The third kappa shape index (κ3) is 1.10. The van der Waals surface area contributed by atoms with Crippen LogP contribution in [0.5, 0.6) is 0 Å². The number of nitrogens with zero attached hydrogens (tertiary/aromatic N) is 1. The lowest BCUT2D eigenvalue weighted by atomic mass is 10.3. The highest BCUT2D eigenvalue weighted by atomic mass is 15.1. The lowest BCUT2D eigenvalue weighted by molar-refractivity contribution is 0.288. The summed E-state index contributed by atoms with van der Waals surface area (Å²) in [6.45, 7) is 6.76. The van der Waals surface area contributed by atoms with Gasteiger partial charge in [0.1, 0.15) is 0 Å². The summed E-state index contributed by atoms with van der Waals surface area (Å²) in [6.07, 6.45) is 4.44. The van der Waals surface area contributed by atoms with Gasteiger partial charge in [0.15, 0.2) is 0 Å².